The number of ether oxygens (including phenoxy) is 2. The summed E-state index contributed by atoms with van der Waals surface area (Å²) in [5.74, 6) is 0.903. The highest BCUT2D eigenvalue weighted by atomic mass is 79.9. The Morgan fingerprint density at radius 3 is 2.67 bits per heavy atom. The fraction of sp³-hybridized carbons (Fsp3) is 0.333. The summed E-state index contributed by atoms with van der Waals surface area (Å²) in [6.07, 6.45) is 2.49. The molecule has 0 atom stereocenters. The van der Waals surface area contributed by atoms with Crippen molar-refractivity contribution in [3.8, 4) is 11.5 Å². The summed E-state index contributed by atoms with van der Waals surface area (Å²) in [5.41, 5.74) is 1.83. The zero-order valence-corrected chi connectivity index (χ0v) is 15.6. The number of benzene rings is 2. The molecule has 128 valence electrons. The van der Waals surface area contributed by atoms with Crippen LogP contribution in [0.4, 0.5) is 4.39 Å². The largest absolute Gasteiger partial charge is 0.493 e. The standard InChI is InChI=1S/C18H18BrClFNO2/c1-23-17-6-12(9-22-14-4-5-14)15(19)8-18(17)24-10-11-2-3-13(21)7-16(11)20/h2-3,6-8,14,22H,4-5,9-10H2,1H3. The van der Waals surface area contributed by atoms with Crippen LogP contribution in [0.3, 0.4) is 0 Å². The van der Waals surface area contributed by atoms with E-state index in [9.17, 15) is 4.39 Å². The average Bonchev–Trinajstić information content (AvgIpc) is 3.37. The maximum absolute atomic E-state index is 13.1. The van der Waals surface area contributed by atoms with Gasteiger partial charge in [0.25, 0.3) is 0 Å². The Bertz CT molecular complexity index is 737. The summed E-state index contributed by atoms with van der Waals surface area (Å²) in [6.45, 7) is 1.02. The van der Waals surface area contributed by atoms with Crippen LogP contribution in [0.5, 0.6) is 11.5 Å². The Morgan fingerprint density at radius 2 is 2.00 bits per heavy atom. The molecule has 1 aliphatic rings. The lowest BCUT2D eigenvalue weighted by molar-refractivity contribution is 0.284. The van der Waals surface area contributed by atoms with Gasteiger partial charge in [-0.05, 0) is 42.7 Å². The first-order chi connectivity index (χ1) is 11.6. The molecule has 1 fully saturated rings. The maximum atomic E-state index is 13.1. The van der Waals surface area contributed by atoms with Crippen LogP contribution in [0.15, 0.2) is 34.8 Å². The molecule has 6 heteroatoms. The zero-order valence-electron chi connectivity index (χ0n) is 13.2. The molecule has 0 bridgehead atoms. The van der Waals surface area contributed by atoms with Gasteiger partial charge in [0.15, 0.2) is 11.5 Å². The van der Waals surface area contributed by atoms with E-state index in [1.165, 1.54) is 25.0 Å². The molecule has 0 spiro atoms. The van der Waals surface area contributed by atoms with Crippen molar-refractivity contribution in [1.82, 2.24) is 5.32 Å². The van der Waals surface area contributed by atoms with Crippen molar-refractivity contribution in [3.63, 3.8) is 0 Å². The molecule has 24 heavy (non-hydrogen) atoms. The molecular formula is C18H18BrClFNO2. The van der Waals surface area contributed by atoms with Crippen LogP contribution in [0.1, 0.15) is 24.0 Å². The Hall–Kier alpha value is -1.30. The zero-order chi connectivity index (χ0) is 17.1. The van der Waals surface area contributed by atoms with E-state index in [0.717, 1.165) is 22.1 Å². The topological polar surface area (TPSA) is 30.5 Å². The lowest BCUT2D eigenvalue weighted by Crippen LogP contribution is -2.15. The number of halogens is 3. The molecule has 0 amide bonds. The minimum absolute atomic E-state index is 0.238. The van der Waals surface area contributed by atoms with Crippen LogP contribution < -0.4 is 14.8 Å². The van der Waals surface area contributed by atoms with Crippen molar-refractivity contribution >= 4 is 27.5 Å². The Balaban J connectivity index is 1.72. The van der Waals surface area contributed by atoms with Gasteiger partial charge in [-0.15, -0.1) is 0 Å². The lowest BCUT2D eigenvalue weighted by atomic mass is 10.2. The third-order valence-electron chi connectivity index (χ3n) is 3.89. The van der Waals surface area contributed by atoms with Gasteiger partial charge < -0.3 is 14.8 Å². The SMILES string of the molecule is COc1cc(CNC2CC2)c(Br)cc1OCc1ccc(F)cc1Cl. The quantitative estimate of drug-likeness (QED) is 0.685. The lowest BCUT2D eigenvalue weighted by Gasteiger charge is -2.15. The first-order valence-electron chi connectivity index (χ1n) is 7.73. The molecule has 2 aromatic rings. The second kappa shape index (κ2) is 7.72. The number of hydrogen-bond donors (Lipinski definition) is 1. The van der Waals surface area contributed by atoms with E-state index < -0.39 is 0 Å². The molecule has 0 saturated heterocycles. The Kier molecular flexibility index (Phi) is 5.64. The van der Waals surface area contributed by atoms with Gasteiger partial charge in [0.05, 0.1) is 12.1 Å². The van der Waals surface area contributed by atoms with Gasteiger partial charge in [-0.25, -0.2) is 4.39 Å². The minimum atomic E-state index is -0.364. The second-order valence-corrected chi connectivity index (χ2v) is 7.04. The Labute approximate surface area is 154 Å². The highest BCUT2D eigenvalue weighted by molar-refractivity contribution is 9.10. The Morgan fingerprint density at radius 1 is 1.21 bits per heavy atom. The number of methoxy groups -OCH3 is 1. The van der Waals surface area contributed by atoms with Gasteiger partial charge in [-0.3, -0.25) is 0 Å². The van der Waals surface area contributed by atoms with E-state index >= 15 is 0 Å². The van der Waals surface area contributed by atoms with E-state index in [2.05, 4.69) is 21.2 Å². The van der Waals surface area contributed by atoms with E-state index in [1.807, 2.05) is 12.1 Å². The van der Waals surface area contributed by atoms with Gasteiger partial charge >= 0.3 is 0 Å². The van der Waals surface area contributed by atoms with Crippen LogP contribution in [0.25, 0.3) is 0 Å². The van der Waals surface area contributed by atoms with Gasteiger partial charge in [0.2, 0.25) is 0 Å². The molecule has 0 radical (unpaired) electrons. The summed E-state index contributed by atoms with van der Waals surface area (Å²) < 4.78 is 25.3. The van der Waals surface area contributed by atoms with Gasteiger partial charge in [-0.2, -0.15) is 0 Å². The van der Waals surface area contributed by atoms with Crippen LogP contribution in [-0.4, -0.2) is 13.2 Å². The van der Waals surface area contributed by atoms with Crippen molar-refractivity contribution in [3.05, 3.63) is 56.8 Å². The molecule has 1 saturated carbocycles. The van der Waals surface area contributed by atoms with E-state index in [-0.39, 0.29) is 12.4 Å². The predicted octanol–water partition coefficient (Wildman–Crippen LogP) is 5.08. The first kappa shape index (κ1) is 17.5. The molecular weight excluding hydrogens is 397 g/mol. The van der Waals surface area contributed by atoms with E-state index in [4.69, 9.17) is 21.1 Å². The summed E-state index contributed by atoms with van der Waals surface area (Å²) in [5, 5.41) is 3.82. The van der Waals surface area contributed by atoms with Crippen LogP contribution in [0, 0.1) is 5.82 Å². The monoisotopic (exact) mass is 413 g/mol. The number of rotatable bonds is 7. The molecule has 0 heterocycles. The fourth-order valence-electron chi connectivity index (χ4n) is 2.32. The molecule has 3 rings (SSSR count). The van der Waals surface area contributed by atoms with Crippen LogP contribution >= 0.6 is 27.5 Å². The third-order valence-corrected chi connectivity index (χ3v) is 4.98. The minimum Gasteiger partial charge on any atom is -0.493 e. The predicted molar refractivity (Wildman–Crippen MR) is 96.3 cm³/mol. The fourth-order valence-corrected chi connectivity index (χ4v) is 3.01. The molecule has 1 aliphatic carbocycles. The summed E-state index contributed by atoms with van der Waals surface area (Å²) >= 11 is 9.61. The first-order valence-corrected chi connectivity index (χ1v) is 8.90. The third kappa shape index (κ3) is 4.41. The highest BCUT2D eigenvalue weighted by Crippen LogP contribution is 2.35. The van der Waals surface area contributed by atoms with Gasteiger partial charge in [0, 0.05) is 22.6 Å². The second-order valence-electron chi connectivity index (χ2n) is 5.77. The molecule has 1 N–H and O–H groups in total. The highest BCUT2D eigenvalue weighted by Gasteiger charge is 2.21. The molecule has 0 aromatic heterocycles. The summed E-state index contributed by atoms with van der Waals surface area (Å²) in [4.78, 5) is 0. The van der Waals surface area contributed by atoms with Crippen molar-refractivity contribution < 1.29 is 13.9 Å². The van der Waals surface area contributed by atoms with Crippen molar-refractivity contribution in [1.29, 1.82) is 0 Å². The van der Waals surface area contributed by atoms with E-state index in [1.54, 1.807) is 13.2 Å². The normalized spacial score (nSPS) is 13.8. The number of hydrogen-bond acceptors (Lipinski definition) is 3. The van der Waals surface area contributed by atoms with Crippen molar-refractivity contribution in [2.24, 2.45) is 0 Å². The maximum Gasteiger partial charge on any atom is 0.162 e. The molecule has 0 unspecified atom stereocenters. The smallest absolute Gasteiger partial charge is 0.162 e. The van der Waals surface area contributed by atoms with Gasteiger partial charge in [0.1, 0.15) is 12.4 Å². The van der Waals surface area contributed by atoms with Crippen LogP contribution in [-0.2, 0) is 13.2 Å². The number of nitrogens with one attached hydrogen (secondary N) is 1. The van der Waals surface area contributed by atoms with Crippen molar-refractivity contribution in [2.75, 3.05) is 7.11 Å². The van der Waals surface area contributed by atoms with Gasteiger partial charge in [-0.1, -0.05) is 33.6 Å². The molecule has 2 aromatic carbocycles. The van der Waals surface area contributed by atoms with Crippen molar-refractivity contribution in [2.45, 2.75) is 32.0 Å². The summed E-state index contributed by atoms with van der Waals surface area (Å²) in [6, 6.07) is 8.75. The average molecular weight is 415 g/mol. The molecule has 0 aliphatic heterocycles. The van der Waals surface area contributed by atoms with Crippen LogP contribution in [0.2, 0.25) is 5.02 Å². The summed E-state index contributed by atoms with van der Waals surface area (Å²) in [7, 11) is 1.61. The molecule has 3 nitrogen and oxygen atoms in total. The van der Waals surface area contributed by atoms with E-state index in [0.29, 0.717) is 22.6 Å².